The van der Waals surface area contributed by atoms with E-state index in [0.717, 1.165) is 6.07 Å². The van der Waals surface area contributed by atoms with Gasteiger partial charge in [0.05, 0.1) is 5.56 Å². The van der Waals surface area contributed by atoms with Gasteiger partial charge in [0.2, 0.25) is 0 Å². The molecule has 100 valence electrons. The fourth-order valence-electron chi connectivity index (χ4n) is 1.55. The molecule has 0 fully saturated rings. The van der Waals surface area contributed by atoms with E-state index in [1.165, 1.54) is 12.1 Å². The highest BCUT2D eigenvalue weighted by Gasteiger charge is 2.06. The molecule has 0 saturated heterocycles. The van der Waals surface area contributed by atoms with Gasteiger partial charge in [0, 0.05) is 17.1 Å². The molecular weight excluding hydrogens is 259 g/mol. The molecule has 0 bridgehead atoms. The molecule has 4 N–H and O–H groups in total. The fraction of sp³-hybridized carbons (Fsp3) is 0. The summed E-state index contributed by atoms with van der Waals surface area (Å²) in [5, 5.41) is 13.8. The van der Waals surface area contributed by atoms with Crippen LogP contribution in [0, 0.1) is 17.1 Å². The molecular formula is C14H11FN4O. The molecule has 2 rings (SSSR count). The Hall–Kier alpha value is -3.07. The van der Waals surface area contributed by atoms with E-state index in [2.05, 4.69) is 10.6 Å². The third kappa shape index (κ3) is 3.23. The van der Waals surface area contributed by atoms with E-state index in [9.17, 15) is 9.18 Å². The third-order valence-corrected chi connectivity index (χ3v) is 2.51. The normalized spacial score (nSPS) is 9.60. The van der Waals surface area contributed by atoms with Gasteiger partial charge in [0.1, 0.15) is 11.9 Å². The number of hydrogen-bond acceptors (Lipinski definition) is 3. The highest BCUT2D eigenvalue weighted by Crippen LogP contribution is 2.15. The lowest BCUT2D eigenvalue weighted by Gasteiger charge is -2.08. The van der Waals surface area contributed by atoms with Crippen LogP contribution in [-0.2, 0) is 0 Å². The van der Waals surface area contributed by atoms with Crippen LogP contribution in [0.15, 0.2) is 42.5 Å². The van der Waals surface area contributed by atoms with E-state index in [0.29, 0.717) is 17.1 Å². The zero-order chi connectivity index (χ0) is 14.5. The van der Waals surface area contributed by atoms with Gasteiger partial charge in [-0.15, -0.1) is 0 Å². The number of amides is 2. The lowest BCUT2D eigenvalue weighted by atomic mass is 10.2. The predicted molar refractivity (Wildman–Crippen MR) is 74.6 cm³/mol. The van der Waals surface area contributed by atoms with Crippen LogP contribution in [0.1, 0.15) is 5.56 Å². The maximum absolute atomic E-state index is 13.1. The molecule has 2 aromatic rings. The van der Waals surface area contributed by atoms with Gasteiger partial charge in [-0.3, -0.25) is 0 Å². The number of nitrogens with one attached hydrogen (secondary N) is 2. The summed E-state index contributed by atoms with van der Waals surface area (Å²) in [5.41, 5.74) is 6.89. The van der Waals surface area contributed by atoms with Gasteiger partial charge in [-0.1, -0.05) is 0 Å². The summed E-state index contributed by atoms with van der Waals surface area (Å²) < 4.78 is 13.1. The second-order valence-electron chi connectivity index (χ2n) is 4.01. The van der Waals surface area contributed by atoms with Crippen molar-refractivity contribution >= 4 is 23.1 Å². The molecule has 0 unspecified atom stereocenters. The van der Waals surface area contributed by atoms with E-state index in [1.54, 1.807) is 30.3 Å². The van der Waals surface area contributed by atoms with Crippen molar-refractivity contribution in [1.29, 1.82) is 5.26 Å². The van der Waals surface area contributed by atoms with Crippen molar-refractivity contribution in [2.24, 2.45) is 0 Å². The van der Waals surface area contributed by atoms with E-state index >= 15 is 0 Å². The van der Waals surface area contributed by atoms with E-state index in [4.69, 9.17) is 11.0 Å². The smallest absolute Gasteiger partial charge is 0.323 e. The van der Waals surface area contributed by atoms with Gasteiger partial charge >= 0.3 is 6.03 Å². The van der Waals surface area contributed by atoms with E-state index < -0.39 is 11.8 Å². The largest absolute Gasteiger partial charge is 0.399 e. The first-order valence-corrected chi connectivity index (χ1v) is 5.71. The van der Waals surface area contributed by atoms with Crippen molar-refractivity contribution in [3.63, 3.8) is 0 Å². The average molecular weight is 270 g/mol. The number of nitrogen functional groups attached to an aromatic ring is 1. The number of anilines is 3. The van der Waals surface area contributed by atoms with E-state index in [1.807, 2.05) is 0 Å². The Morgan fingerprint density at radius 2 is 1.70 bits per heavy atom. The Morgan fingerprint density at radius 3 is 2.35 bits per heavy atom. The second kappa shape index (κ2) is 5.71. The second-order valence-corrected chi connectivity index (χ2v) is 4.01. The van der Waals surface area contributed by atoms with Gasteiger partial charge in [-0.05, 0) is 42.5 Å². The van der Waals surface area contributed by atoms with Gasteiger partial charge in [-0.25, -0.2) is 9.18 Å². The van der Waals surface area contributed by atoms with Crippen molar-refractivity contribution in [3.05, 3.63) is 53.8 Å². The van der Waals surface area contributed by atoms with Crippen LogP contribution in [-0.4, -0.2) is 6.03 Å². The Kier molecular flexibility index (Phi) is 3.82. The van der Waals surface area contributed by atoms with Gasteiger partial charge in [0.25, 0.3) is 0 Å². The summed E-state index contributed by atoms with van der Waals surface area (Å²) in [6, 6.07) is 11.6. The Bertz CT molecular complexity index is 677. The SMILES string of the molecule is N#Cc1cc(NC(=O)Nc2ccc(N)cc2)ccc1F. The van der Waals surface area contributed by atoms with Gasteiger partial charge < -0.3 is 16.4 Å². The Morgan fingerprint density at radius 1 is 1.10 bits per heavy atom. The minimum atomic E-state index is -0.628. The topological polar surface area (TPSA) is 90.9 Å². The van der Waals surface area contributed by atoms with Gasteiger partial charge in [0.15, 0.2) is 0 Å². The molecule has 0 aliphatic carbocycles. The van der Waals surface area contributed by atoms with Crippen molar-refractivity contribution in [2.75, 3.05) is 16.4 Å². The molecule has 0 heterocycles. The number of benzene rings is 2. The van der Waals surface area contributed by atoms with Crippen LogP contribution in [0.3, 0.4) is 0 Å². The van der Waals surface area contributed by atoms with Crippen LogP contribution in [0.5, 0.6) is 0 Å². The maximum Gasteiger partial charge on any atom is 0.323 e. The molecule has 0 saturated carbocycles. The minimum absolute atomic E-state index is 0.129. The minimum Gasteiger partial charge on any atom is -0.399 e. The van der Waals surface area contributed by atoms with Crippen LogP contribution >= 0.6 is 0 Å². The maximum atomic E-state index is 13.1. The number of urea groups is 1. The van der Waals surface area contributed by atoms with Crippen molar-refractivity contribution in [3.8, 4) is 6.07 Å². The molecule has 20 heavy (non-hydrogen) atoms. The summed E-state index contributed by atoms with van der Waals surface area (Å²) in [6.45, 7) is 0. The van der Waals surface area contributed by atoms with E-state index in [-0.39, 0.29) is 5.56 Å². The standard InChI is InChI=1S/C14H11FN4O/c15-13-6-5-12(7-9(13)8-16)19-14(20)18-11-3-1-10(17)2-4-11/h1-7H,17H2,(H2,18,19,20). The van der Waals surface area contributed by atoms with Crippen LogP contribution in [0.2, 0.25) is 0 Å². The number of nitrogens with zero attached hydrogens (tertiary/aromatic N) is 1. The molecule has 5 nitrogen and oxygen atoms in total. The molecule has 0 aromatic heterocycles. The molecule has 0 radical (unpaired) electrons. The first-order chi connectivity index (χ1) is 9.58. The monoisotopic (exact) mass is 270 g/mol. The van der Waals surface area contributed by atoms with Gasteiger partial charge in [-0.2, -0.15) is 5.26 Å². The zero-order valence-electron chi connectivity index (χ0n) is 10.4. The lowest BCUT2D eigenvalue weighted by molar-refractivity contribution is 0.262. The first kappa shape index (κ1) is 13.4. The molecule has 2 aromatic carbocycles. The van der Waals surface area contributed by atoms with Crippen LogP contribution in [0.25, 0.3) is 0 Å². The molecule has 0 aliphatic rings. The summed E-state index contributed by atoms with van der Waals surface area (Å²) in [5.74, 6) is -0.628. The van der Waals surface area contributed by atoms with Crippen molar-refractivity contribution < 1.29 is 9.18 Å². The number of carbonyl (C=O) groups is 1. The lowest BCUT2D eigenvalue weighted by Crippen LogP contribution is -2.19. The summed E-state index contributed by atoms with van der Waals surface area (Å²) in [6.07, 6.45) is 0. The third-order valence-electron chi connectivity index (χ3n) is 2.51. The number of halogens is 1. The van der Waals surface area contributed by atoms with Crippen LogP contribution < -0.4 is 16.4 Å². The zero-order valence-corrected chi connectivity index (χ0v) is 10.4. The molecule has 0 atom stereocenters. The quantitative estimate of drug-likeness (QED) is 0.733. The Balaban J connectivity index is 2.05. The Labute approximate surface area is 114 Å². The summed E-state index contributed by atoms with van der Waals surface area (Å²) >= 11 is 0. The highest BCUT2D eigenvalue weighted by molar-refractivity contribution is 5.99. The fourth-order valence-corrected chi connectivity index (χ4v) is 1.55. The number of rotatable bonds is 2. The van der Waals surface area contributed by atoms with Crippen molar-refractivity contribution in [1.82, 2.24) is 0 Å². The molecule has 2 amide bonds. The first-order valence-electron chi connectivity index (χ1n) is 5.71. The number of nitrogens with two attached hydrogens (primary N) is 1. The predicted octanol–water partition coefficient (Wildman–Crippen LogP) is 2.92. The number of carbonyl (C=O) groups excluding carboxylic acids is 1. The van der Waals surface area contributed by atoms with Crippen LogP contribution in [0.4, 0.5) is 26.2 Å². The summed E-state index contributed by atoms with van der Waals surface area (Å²) in [4.78, 5) is 11.7. The highest BCUT2D eigenvalue weighted by atomic mass is 19.1. The number of nitriles is 1. The molecule has 0 spiro atoms. The van der Waals surface area contributed by atoms with Crippen molar-refractivity contribution in [2.45, 2.75) is 0 Å². The summed E-state index contributed by atoms with van der Waals surface area (Å²) in [7, 11) is 0. The molecule has 6 heteroatoms. The number of hydrogen-bond donors (Lipinski definition) is 3. The average Bonchev–Trinajstić information content (AvgIpc) is 2.43. The molecule has 0 aliphatic heterocycles.